The summed E-state index contributed by atoms with van der Waals surface area (Å²) in [5.41, 5.74) is 0.824. The fourth-order valence-electron chi connectivity index (χ4n) is 1.16. The SMILES string of the molecule is Cc1ccc(OC(C)C)c(S(=O)(=O)Cl)c1. The number of hydrogen-bond acceptors (Lipinski definition) is 3. The van der Waals surface area contributed by atoms with Gasteiger partial charge in [-0.2, -0.15) is 0 Å². The Morgan fingerprint density at radius 3 is 2.40 bits per heavy atom. The first-order valence-electron chi connectivity index (χ1n) is 4.52. The van der Waals surface area contributed by atoms with Crippen LogP contribution in [0, 0.1) is 6.92 Å². The van der Waals surface area contributed by atoms with Crippen molar-refractivity contribution in [3.63, 3.8) is 0 Å². The zero-order valence-corrected chi connectivity index (χ0v) is 10.4. The molecule has 0 amide bonds. The van der Waals surface area contributed by atoms with Crippen LogP contribution in [0.15, 0.2) is 23.1 Å². The van der Waals surface area contributed by atoms with Crippen LogP contribution in [0.3, 0.4) is 0 Å². The number of ether oxygens (including phenoxy) is 1. The first-order chi connectivity index (χ1) is 6.80. The van der Waals surface area contributed by atoms with Crippen LogP contribution >= 0.6 is 10.7 Å². The summed E-state index contributed by atoms with van der Waals surface area (Å²) in [4.78, 5) is 0.0258. The summed E-state index contributed by atoms with van der Waals surface area (Å²) >= 11 is 0. The fourth-order valence-corrected chi connectivity index (χ4v) is 2.20. The molecule has 0 atom stereocenters. The van der Waals surface area contributed by atoms with E-state index in [0.717, 1.165) is 5.56 Å². The lowest BCUT2D eigenvalue weighted by Crippen LogP contribution is -2.08. The molecule has 0 aliphatic rings. The van der Waals surface area contributed by atoms with E-state index in [1.165, 1.54) is 6.07 Å². The summed E-state index contributed by atoms with van der Waals surface area (Å²) in [5.74, 6) is 0.297. The van der Waals surface area contributed by atoms with Crippen LogP contribution in [0.5, 0.6) is 5.75 Å². The maximum atomic E-state index is 11.3. The second-order valence-electron chi connectivity index (χ2n) is 3.55. The van der Waals surface area contributed by atoms with Crippen LogP contribution in [0.2, 0.25) is 0 Å². The standard InChI is InChI=1S/C10H13ClO3S/c1-7(2)14-9-5-4-8(3)6-10(9)15(11,12)13/h4-7H,1-3H3. The minimum Gasteiger partial charge on any atom is -0.490 e. The lowest BCUT2D eigenvalue weighted by atomic mass is 10.2. The lowest BCUT2D eigenvalue weighted by molar-refractivity contribution is 0.236. The smallest absolute Gasteiger partial charge is 0.264 e. The molecular formula is C10H13ClO3S. The molecule has 0 aliphatic heterocycles. The fraction of sp³-hybridized carbons (Fsp3) is 0.400. The summed E-state index contributed by atoms with van der Waals surface area (Å²) in [6.45, 7) is 5.44. The Bertz CT molecular complexity index is 452. The Balaban J connectivity index is 3.27. The number of aryl methyl sites for hydroxylation is 1. The summed E-state index contributed by atoms with van der Waals surface area (Å²) < 4.78 is 27.9. The Morgan fingerprint density at radius 1 is 1.33 bits per heavy atom. The maximum absolute atomic E-state index is 11.3. The Morgan fingerprint density at radius 2 is 1.93 bits per heavy atom. The first-order valence-corrected chi connectivity index (χ1v) is 6.83. The van der Waals surface area contributed by atoms with Crippen LogP contribution < -0.4 is 4.74 Å². The van der Waals surface area contributed by atoms with Crippen molar-refractivity contribution in [2.75, 3.05) is 0 Å². The molecule has 0 heterocycles. The predicted molar refractivity (Wildman–Crippen MR) is 60.0 cm³/mol. The van der Waals surface area contributed by atoms with Gasteiger partial charge in [-0.05, 0) is 38.5 Å². The lowest BCUT2D eigenvalue weighted by Gasteiger charge is -2.12. The topological polar surface area (TPSA) is 43.4 Å². The van der Waals surface area contributed by atoms with Crippen molar-refractivity contribution < 1.29 is 13.2 Å². The van der Waals surface area contributed by atoms with Crippen molar-refractivity contribution in [2.45, 2.75) is 31.8 Å². The van der Waals surface area contributed by atoms with E-state index in [0.29, 0.717) is 5.75 Å². The predicted octanol–water partition coefficient (Wildman–Crippen LogP) is 2.71. The molecule has 0 saturated heterocycles. The molecule has 0 unspecified atom stereocenters. The van der Waals surface area contributed by atoms with Crippen molar-refractivity contribution >= 4 is 19.7 Å². The maximum Gasteiger partial charge on any atom is 0.264 e. The summed E-state index contributed by atoms with van der Waals surface area (Å²) in [7, 11) is 1.56. The first kappa shape index (κ1) is 12.3. The summed E-state index contributed by atoms with van der Waals surface area (Å²) in [5, 5.41) is 0. The Hall–Kier alpha value is -0.740. The van der Waals surface area contributed by atoms with E-state index in [1.54, 1.807) is 19.1 Å². The highest BCUT2D eigenvalue weighted by atomic mass is 35.7. The van der Waals surface area contributed by atoms with Gasteiger partial charge in [0.1, 0.15) is 10.6 Å². The van der Waals surface area contributed by atoms with Gasteiger partial charge in [-0.3, -0.25) is 0 Å². The summed E-state index contributed by atoms with van der Waals surface area (Å²) in [6, 6.07) is 4.90. The Labute approximate surface area is 94.4 Å². The van der Waals surface area contributed by atoms with Gasteiger partial charge in [-0.25, -0.2) is 8.42 Å². The highest BCUT2D eigenvalue weighted by Gasteiger charge is 2.17. The van der Waals surface area contributed by atoms with Crippen LogP contribution in [0.25, 0.3) is 0 Å². The third-order valence-electron chi connectivity index (χ3n) is 1.72. The molecule has 0 aromatic heterocycles. The largest absolute Gasteiger partial charge is 0.490 e. The van der Waals surface area contributed by atoms with Gasteiger partial charge in [0.15, 0.2) is 0 Å². The minimum atomic E-state index is -3.75. The average Bonchev–Trinajstić information content (AvgIpc) is 2.05. The van der Waals surface area contributed by atoms with Crippen LogP contribution in [-0.4, -0.2) is 14.5 Å². The van der Waals surface area contributed by atoms with Gasteiger partial charge >= 0.3 is 0 Å². The van der Waals surface area contributed by atoms with E-state index in [9.17, 15) is 8.42 Å². The Kier molecular flexibility index (Phi) is 3.62. The van der Waals surface area contributed by atoms with E-state index < -0.39 is 9.05 Å². The molecule has 15 heavy (non-hydrogen) atoms. The quantitative estimate of drug-likeness (QED) is 0.773. The van der Waals surface area contributed by atoms with Crippen molar-refractivity contribution in [2.24, 2.45) is 0 Å². The van der Waals surface area contributed by atoms with E-state index in [1.807, 2.05) is 13.8 Å². The highest BCUT2D eigenvalue weighted by molar-refractivity contribution is 8.13. The monoisotopic (exact) mass is 248 g/mol. The van der Waals surface area contributed by atoms with Gasteiger partial charge in [-0.1, -0.05) is 6.07 Å². The van der Waals surface area contributed by atoms with Gasteiger partial charge in [0.05, 0.1) is 6.10 Å². The van der Waals surface area contributed by atoms with Gasteiger partial charge in [-0.15, -0.1) is 0 Å². The molecule has 1 rings (SSSR count). The van der Waals surface area contributed by atoms with E-state index in [-0.39, 0.29) is 11.0 Å². The van der Waals surface area contributed by atoms with E-state index >= 15 is 0 Å². The third kappa shape index (κ3) is 3.39. The molecule has 0 radical (unpaired) electrons. The van der Waals surface area contributed by atoms with E-state index in [4.69, 9.17) is 15.4 Å². The highest BCUT2D eigenvalue weighted by Crippen LogP contribution is 2.28. The third-order valence-corrected chi connectivity index (χ3v) is 3.07. The zero-order chi connectivity index (χ0) is 11.6. The van der Waals surface area contributed by atoms with Crippen LogP contribution in [0.1, 0.15) is 19.4 Å². The van der Waals surface area contributed by atoms with Gasteiger partial charge < -0.3 is 4.74 Å². The number of rotatable bonds is 3. The molecule has 0 saturated carbocycles. The summed E-state index contributed by atoms with van der Waals surface area (Å²) in [6.07, 6.45) is -0.0927. The number of benzene rings is 1. The molecule has 0 N–H and O–H groups in total. The molecule has 1 aromatic carbocycles. The second kappa shape index (κ2) is 4.41. The van der Waals surface area contributed by atoms with Gasteiger partial charge in [0.25, 0.3) is 9.05 Å². The number of halogens is 1. The van der Waals surface area contributed by atoms with Gasteiger partial charge in [0.2, 0.25) is 0 Å². The molecule has 0 fully saturated rings. The van der Waals surface area contributed by atoms with Gasteiger partial charge in [0, 0.05) is 10.7 Å². The molecule has 1 aromatic rings. The van der Waals surface area contributed by atoms with Crippen molar-refractivity contribution in [1.82, 2.24) is 0 Å². The van der Waals surface area contributed by atoms with Crippen molar-refractivity contribution in [3.05, 3.63) is 23.8 Å². The van der Waals surface area contributed by atoms with Crippen LogP contribution in [0.4, 0.5) is 0 Å². The molecule has 0 aliphatic carbocycles. The second-order valence-corrected chi connectivity index (χ2v) is 6.09. The van der Waals surface area contributed by atoms with Crippen molar-refractivity contribution in [1.29, 1.82) is 0 Å². The average molecular weight is 249 g/mol. The molecule has 0 spiro atoms. The minimum absolute atomic E-state index is 0.0258. The molecule has 0 bridgehead atoms. The molecule has 5 heteroatoms. The van der Waals surface area contributed by atoms with Crippen molar-refractivity contribution in [3.8, 4) is 5.75 Å². The molecule has 84 valence electrons. The molecular weight excluding hydrogens is 236 g/mol. The normalized spacial score (nSPS) is 11.8. The number of hydrogen-bond donors (Lipinski definition) is 0. The van der Waals surface area contributed by atoms with Crippen LogP contribution in [-0.2, 0) is 9.05 Å². The van der Waals surface area contributed by atoms with E-state index in [2.05, 4.69) is 0 Å². The zero-order valence-electron chi connectivity index (χ0n) is 8.82. The molecule has 3 nitrogen and oxygen atoms in total.